The van der Waals surface area contributed by atoms with Gasteiger partial charge in [-0.15, -0.1) is 0 Å². The number of carbonyl (C=O) groups is 2. The minimum atomic E-state index is -3.86. The molecule has 198 valence electrons. The number of nitrogens with zero attached hydrogens (tertiary/aromatic N) is 2. The average Bonchev–Trinajstić information content (AvgIpc) is 2.77. The standard InChI is InChI=1S/C25H32Cl3N3O4S/c1-6-22(25(33)29-13-16(2)3)30(14-19-20(27)8-7-9-21(19)28)24(32)15-31(36(5,34)35)23-11-10-18(26)12-17(23)4/h7-12,16,22H,6,13-15H2,1-5H3,(H,29,33)/t22-/m0/s1. The van der Waals surface area contributed by atoms with Crippen molar-refractivity contribution in [1.82, 2.24) is 10.2 Å². The second kappa shape index (κ2) is 13.0. The molecule has 7 nitrogen and oxygen atoms in total. The van der Waals surface area contributed by atoms with Crippen LogP contribution in [-0.2, 0) is 26.2 Å². The molecule has 2 amide bonds. The zero-order chi connectivity index (χ0) is 27.2. The predicted octanol–water partition coefficient (Wildman–Crippen LogP) is 5.30. The Bertz CT molecular complexity index is 1180. The van der Waals surface area contributed by atoms with Crippen LogP contribution in [0.15, 0.2) is 36.4 Å². The summed E-state index contributed by atoms with van der Waals surface area (Å²) in [5, 5.41) is 3.99. The van der Waals surface area contributed by atoms with Gasteiger partial charge in [0.25, 0.3) is 0 Å². The van der Waals surface area contributed by atoms with Crippen molar-refractivity contribution >= 4 is 62.3 Å². The number of carbonyl (C=O) groups excluding carboxylic acids is 2. The summed E-state index contributed by atoms with van der Waals surface area (Å²) >= 11 is 18.8. The molecule has 0 saturated carbocycles. The van der Waals surface area contributed by atoms with E-state index in [1.54, 1.807) is 50.2 Å². The predicted molar refractivity (Wildman–Crippen MR) is 147 cm³/mol. The van der Waals surface area contributed by atoms with E-state index >= 15 is 0 Å². The van der Waals surface area contributed by atoms with Gasteiger partial charge in [0, 0.05) is 33.7 Å². The molecule has 0 aliphatic carbocycles. The lowest BCUT2D eigenvalue weighted by Crippen LogP contribution is -2.52. The summed E-state index contributed by atoms with van der Waals surface area (Å²) in [6.07, 6.45) is 1.33. The highest BCUT2D eigenvalue weighted by molar-refractivity contribution is 7.92. The Kier molecular flexibility index (Phi) is 10.9. The van der Waals surface area contributed by atoms with Crippen LogP contribution in [0.5, 0.6) is 0 Å². The highest BCUT2D eigenvalue weighted by Gasteiger charge is 2.33. The van der Waals surface area contributed by atoms with E-state index in [1.165, 1.54) is 4.90 Å². The highest BCUT2D eigenvalue weighted by Crippen LogP contribution is 2.29. The molecule has 2 aromatic rings. The van der Waals surface area contributed by atoms with Gasteiger partial charge in [-0.25, -0.2) is 8.42 Å². The van der Waals surface area contributed by atoms with E-state index < -0.39 is 28.5 Å². The fourth-order valence-electron chi connectivity index (χ4n) is 3.69. The number of hydrogen-bond donors (Lipinski definition) is 1. The Morgan fingerprint density at radius 3 is 2.17 bits per heavy atom. The molecular formula is C25H32Cl3N3O4S. The van der Waals surface area contributed by atoms with Crippen LogP contribution in [0.1, 0.15) is 38.3 Å². The second-order valence-corrected chi connectivity index (χ2v) is 12.1. The van der Waals surface area contributed by atoms with Crippen LogP contribution in [0, 0.1) is 12.8 Å². The Hall–Kier alpha value is -2.00. The molecule has 1 N–H and O–H groups in total. The molecule has 36 heavy (non-hydrogen) atoms. The maximum absolute atomic E-state index is 13.7. The maximum atomic E-state index is 13.7. The van der Waals surface area contributed by atoms with Gasteiger partial charge in [0.05, 0.1) is 11.9 Å². The fourth-order valence-corrected chi connectivity index (χ4v) is 5.34. The smallest absolute Gasteiger partial charge is 0.244 e. The molecule has 2 rings (SSSR count). The molecule has 0 bridgehead atoms. The van der Waals surface area contributed by atoms with Crippen molar-refractivity contribution in [2.75, 3.05) is 23.7 Å². The summed E-state index contributed by atoms with van der Waals surface area (Å²) in [7, 11) is -3.86. The molecule has 0 heterocycles. The first-order chi connectivity index (χ1) is 16.8. The molecule has 0 aromatic heterocycles. The van der Waals surface area contributed by atoms with Crippen LogP contribution in [0.3, 0.4) is 0 Å². The molecule has 0 saturated heterocycles. The summed E-state index contributed by atoms with van der Waals surface area (Å²) < 4.78 is 26.5. The van der Waals surface area contributed by atoms with Crippen LogP contribution < -0.4 is 9.62 Å². The van der Waals surface area contributed by atoms with Gasteiger partial charge in [-0.1, -0.05) is 61.6 Å². The van der Waals surface area contributed by atoms with Crippen LogP contribution in [0.25, 0.3) is 0 Å². The number of rotatable bonds is 11. The third-order valence-corrected chi connectivity index (χ3v) is 7.64. The van der Waals surface area contributed by atoms with Crippen LogP contribution in [0.2, 0.25) is 15.1 Å². The van der Waals surface area contributed by atoms with Crippen molar-refractivity contribution in [3.05, 3.63) is 62.6 Å². The number of nitrogens with one attached hydrogen (secondary N) is 1. The third-order valence-electron chi connectivity index (χ3n) is 5.57. The lowest BCUT2D eigenvalue weighted by Gasteiger charge is -2.33. The Labute approximate surface area is 228 Å². The van der Waals surface area contributed by atoms with E-state index in [0.717, 1.165) is 10.6 Å². The lowest BCUT2D eigenvalue weighted by molar-refractivity contribution is -0.140. The van der Waals surface area contributed by atoms with Crippen molar-refractivity contribution in [2.45, 2.75) is 46.7 Å². The Morgan fingerprint density at radius 2 is 1.67 bits per heavy atom. The van der Waals surface area contributed by atoms with Crippen molar-refractivity contribution < 1.29 is 18.0 Å². The molecule has 0 aliphatic heterocycles. The van der Waals surface area contributed by atoms with Gasteiger partial charge in [0.1, 0.15) is 12.6 Å². The molecule has 0 unspecified atom stereocenters. The monoisotopic (exact) mass is 575 g/mol. The number of sulfonamides is 1. The third kappa shape index (κ3) is 8.00. The highest BCUT2D eigenvalue weighted by atomic mass is 35.5. The van der Waals surface area contributed by atoms with Crippen molar-refractivity contribution in [3.63, 3.8) is 0 Å². The van der Waals surface area contributed by atoms with Crippen molar-refractivity contribution in [2.24, 2.45) is 5.92 Å². The second-order valence-electron chi connectivity index (χ2n) is 8.99. The summed E-state index contributed by atoms with van der Waals surface area (Å²) in [4.78, 5) is 28.2. The maximum Gasteiger partial charge on any atom is 0.244 e. The van der Waals surface area contributed by atoms with Crippen LogP contribution in [-0.4, -0.2) is 50.5 Å². The Balaban J connectivity index is 2.51. The van der Waals surface area contributed by atoms with Crippen molar-refractivity contribution in [3.8, 4) is 0 Å². The molecule has 0 fully saturated rings. The van der Waals surface area contributed by atoms with E-state index in [2.05, 4.69) is 5.32 Å². The van der Waals surface area contributed by atoms with E-state index in [-0.39, 0.29) is 18.4 Å². The normalized spacial score (nSPS) is 12.4. The number of anilines is 1. The average molecular weight is 577 g/mol. The molecule has 0 radical (unpaired) electrons. The molecular weight excluding hydrogens is 545 g/mol. The van der Waals surface area contributed by atoms with Crippen molar-refractivity contribution in [1.29, 1.82) is 0 Å². The quantitative estimate of drug-likeness (QED) is 0.393. The topological polar surface area (TPSA) is 86.8 Å². The van der Waals surface area contributed by atoms with Gasteiger partial charge < -0.3 is 10.2 Å². The molecule has 2 aromatic carbocycles. The number of aryl methyl sites for hydroxylation is 1. The fraction of sp³-hybridized carbons (Fsp3) is 0.440. The van der Waals surface area contributed by atoms with Gasteiger partial charge in [0.15, 0.2) is 0 Å². The van der Waals surface area contributed by atoms with Gasteiger partial charge >= 0.3 is 0 Å². The number of amides is 2. The first-order valence-electron chi connectivity index (χ1n) is 11.5. The number of hydrogen-bond acceptors (Lipinski definition) is 4. The zero-order valence-corrected chi connectivity index (χ0v) is 24.1. The lowest BCUT2D eigenvalue weighted by atomic mass is 10.1. The first-order valence-corrected chi connectivity index (χ1v) is 14.5. The minimum absolute atomic E-state index is 0.0673. The molecule has 1 atom stereocenters. The van der Waals surface area contributed by atoms with E-state index in [4.69, 9.17) is 34.8 Å². The zero-order valence-electron chi connectivity index (χ0n) is 21.0. The summed E-state index contributed by atoms with van der Waals surface area (Å²) in [5.74, 6) is -0.698. The van der Waals surface area contributed by atoms with E-state index in [1.807, 2.05) is 13.8 Å². The summed E-state index contributed by atoms with van der Waals surface area (Å²) in [5.41, 5.74) is 1.38. The van der Waals surface area contributed by atoms with Crippen LogP contribution >= 0.6 is 34.8 Å². The largest absolute Gasteiger partial charge is 0.354 e. The SMILES string of the molecule is CC[C@@H](C(=O)NCC(C)C)N(Cc1c(Cl)cccc1Cl)C(=O)CN(c1ccc(Cl)cc1C)S(C)(=O)=O. The molecule has 11 heteroatoms. The van der Waals surface area contributed by atoms with E-state index in [9.17, 15) is 18.0 Å². The minimum Gasteiger partial charge on any atom is -0.354 e. The van der Waals surface area contributed by atoms with Gasteiger partial charge in [-0.3, -0.25) is 13.9 Å². The van der Waals surface area contributed by atoms with Crippen LogP contribution in [0.4, 0.5) is 5.69 Å². The van der Waals surface area contributed by atoms with E-state index in [0.29, 0.717) is 44.8 Å². The number of halogens is 3. The van der Waals surface area contributed by atoms with Gasteiger partial charge in [-0.2, -0.15) is 0 Å². The molecule has 0 spiro atoms. The Morgan fingerprint density at radius 1 is 1.06 bits per heavy atom. The molecule has 0 aliphatic rings. The first kappa shape index (κ1) is 30.2. The van der Waals surface area contributed by atoms with Gasteiger partial charge in [-0.05, 0) is 55.2 Å². The number of benzene rings is 2. The summed E-state index contributed by atoms with van der Waals surface area (Å²) in [6, 6.07) is 8.83. The summed E-state index contributed by atoms with van der Waals surface area (Å²) in [6.45, 7) is 7.27. The van der Waals surface area contributed by atoms with Gasteiger partial charge in [0.2, 0.25) is 21.8 Å².